The minimum absolute atomic E-state index is 0.00191. The summed E-state index contributed by atoms with van der Waals surface area (Å²) < 4.78 is 11.5. The number of aliphatic hydroxyl groups excluding tert-OH is 1. The molecule has 16 nitrogen and oxygen atoms in total. The fraction of sp³-hybridized carbons (Fsp3) is 0.348. The molecule has 0 saturated carbocycles. The van der Waals surface area contributed by atoms with Gasteiger partial charge in [-0.15, -0.1) is 0 Å². The Kier molecular flexibility index (Phi) is 17.1. The summed E-state index contributed by atoms with van der Waals surface area (Å²) in [4.78, 5) is 61.6. The molecule has 0 aliphatic carbocycles. The number of hydrogen-bond donors (Lipinski definition) is 9. The van der Waals surface area contributed by atoms with Gasteiger partial charge in [0.2, 0.25) is 24.1 Å². The number of anilines is 1. The number of H-pyrrole nitrogens is 2. The van der Waals surface area contributed by atoms with Crippen molar-refractivity contribution in [1.82, 2.24) is 25.2 Å². The lowest BCUT2D eigenvalue weighted by molar-refractivity contribution is -0.145. The molecule has 2 heterocycles. The molecule has 4 atom stereocenters. The highest BCUT2D eigenvalue weighted by molar-refractivity contribution is 5.93. The van der Waals surface area contributed by atoms with E-state index in [0.29, 0.717) is 24.0 Å². The Hall–Kier alpha value is -6.62. The van der Waals surface area contributed by atoms with Gasteiger partial charge >= 0.3 is 5.97 Å². The first-order valence-electron chi connectivity index (χ1n) is 20.6. The molecule has 10 N–H and O–H groups in total. The van der Waals surface area contributed by atoms with Gasteiger partial charge in [-0.25, -0.2) is 4.79 Å². The van der Waals surface area contributed by atoms with E-state index < -0.39 is 59.6 Å². The van der Waals surface area contributed by atoms with Gasteiger partial charge in [-0.05, 0) is 67.0 Å². The number of aromatic nitrogens is 3. The van der Waals surface area contributed by atoms with Crippen molar-refractivity contribution in [3.63, 3.8) is 0 Å². The summed E-state index contributed by atoms with van der Waals surface area (Å²) >= 11 is 0. The minimum Gasteiger partial charge on any atom is -0.494 e. The number of amides is 2. The van der Waals surface area contributed by atoms with Crippen LogP contribution in [0.5, 0.6) is 11.8 Å². The summed E-state index contributed by atoms with van der Waals surface area (Å²) in [5.74, 6) is -3.35. The number of nitrogens with two attached hydrogens (primary N) is 1. The third-order valence-electron chi connectivity index (χ3n) is 10.2. The van der Waals surface area contributed by atoms with Crippen LogP contribution in [0.1, 0.15) is 68.0 Å². The number of rotatable bonds is 21. The number of fused-ring (bicyclic) bond motifs is 1. The predicted octanol–water partition coefficient (Wildman–Crippen LogP) is 4.79. The molecule has 0 radical (unpaired) electrons. The number of aromatic hydroxyl groups is 2. The average molecular weight is 852 g/mol. The number of carbonyl (C=O) groups excluding carboxylic acids is 3. The number of unbranched alkanes of at least 4 members (excludes halogenated alkanes) is 1. The van der Waals surface area contributed by atoms with E-state index in [-0.39, 0.29) is 56.1 Å². The number of nitrogens with zero attached hydrogens (tertiary/aromatic N) is 1. The molecule has 2 aromatic heterocycles. The van der Waals surface area contributed by atoms with E-state index in [2.05, 4.69) is 25.9 Å². The van der Waals surface area contributed by atoms with Crippen LogP contribution < -0.4 is 27.2 Å². The summed E-state index contributed by atoms with van der Waals surface area (Å²) in [6, 6.07) is 24.1. The van der Waals surface area contributed by atoms with Crippen molar-refractivity contribution < 1.29 is 39.2 Å². The third kappa shape index (κ3) is 12.9. The average Bonchev–Trinajstić information content (AvgIpc) is 3.69. The lowest BCUT2D eigenvalue weighted by atomic mass is 10.0. The van der Waals surface area contributed by atoms with Crippen LogP contribution in [0.25, 0.3) is 10.9 Å². The fourth-order valence-corrected chi connectivity index (χ4v) is 7.05. The van der Waals surface area contributed by atoms with E-state index in [1.54, 1.807) is 48.7 Å². The van der Waals surface area contributed by atoms with Gasteiger partial charge in [0.1, 0.15) is 23.8 Å². The second kappa shape index (κ2) is 22.8. The summed E-state index contributed by atoms with van der Waals surface area (Å²) in [6.45, 7) is 4.10. The highest BCUT2D eigenvalue weighted by Gasteiger charge is 2.32. The topological polar surface area (TPSA) is 246 Å². The Morgan fingerprint density at radius 3 is 2.18 bits per heavy atom. The van der Waals surface area contributed by atoms with Crippen LogP contribution in [0.15, 0.2) is 108 Å². The molecule has 16 heteroatoms. The summed E-state index contributed by atoms with van der Waals surface area (Å²) in [5, 5.41) is 43.8. The standard InChI is InChI=1S/C46H57N7O9/c1-29(2)24-38(45(59)61-3)51-42(56)36(26-32-27-48-34-19-11-10-18-33(32)34)49-43(57)39(20-12-13-23-47)53-40(54)22-21-35(52-46(60)62-28-31-16-8-5-9-17-31)41(55)50-37(44(53)58)25-30-14-6-4-7-15-30/h4-11,14-19,21-22,27,29,36,38-39,46,48,52,54,58,60H,12-13,20,23-26,28,47H2,1-3H3,(H,49,57)(H,50,55)(H,51,56)/t36-,38-,39-,46?/m0/s1. The molecule has 0 saturated heterocycles. The van der Waals surface area contributed by atoms with Crippen LogP contribution in [0.3, 0.4) is 0 Å². The maximum absolute atomic E-state index is 14.8. The Morgan fingerprint density at radius 2 is 1.50 bits per heavy atom. The van der Waals surface area contributed by atoms with Crippen LogP contribution >= 0.6 is 0 Å². The second-order valence-electron chi connectivity index (χ2n) is 15.3. The predicted molar refractivity (Wildman–Crippen MR) is 235 cm³/mol. The zero-order valence-corrected chi connectivity index (χ0v) is 35.2. The zero-order chi connectivity index (χ0) is 44.6. The van der Waals surface area contributed by atoms with Crippen molar-refractivity contribution in [3.05, 3.63) is 136 Å². The number of methoxy groups -OCH3 is 1. The zero-order valence-electron chi connectivity index (χ0n) is 35.2. The molecule has 62 heavy (non-hydrogen) atoms. The fourth-order valence-electron chi connectivity index (χ4n) is 7.05. The largest absolute Gasteiger partial charge is 0.494 e. The van der Waals surface area contributed by atoms with Crippen molar-refractivity contribution in [2.24, 2.45) is 11.7 Å². The number of para-hydroxylation sites is 1. The Balaban J connectivity index is 1.59. The van der Waals surface area contributed by atoms with Crippen molar-refractivity contribution in [3.8, 4) is 11.8 Å². The molecule has 2 amide bonds. The van der Waals surface area contributed by atoms with E-state index >= 15 is 0 Å². The first-order chi connectivity index (χ1) is 29.9. The van der Waals surface area contributed by atoms with Gasteiger partial charge in [0.05, 0.1) is 19.4 Å². The normalized spacial score (nSPS) is 13.1. The van der Waals surface area contributed by atoms with Gasteiger partial charge in [0, 0.05) is 36.0 Å². The maximum atomic E-state index is 14.8. The quantitative estimate of drug-likeness (QED) is 0.0276. The molecule has 5 aromatic rings. The van der Waals surface area contributed by atoms with E-state index in [4.69, 9.17) is 15.2 Å². The van der Waals surface area contributed by atoms with Gasteiger partial charge in [-0.1, -0.05) is 92.7 Å². The van der Waals surface area contributed by atoms with E-state index in [1.165, 1.54) is 13.2 Å². The van der Waals surface area contributed by atoms with Gasteiger partial charge in [0.15, 0.2) is 5.88 Å². The molecular formula is C46H57N7O9. The lowest BCUT2D eigenvalue weighted by Crippen LogP contribution is -2.54. The van der Waals surface area contributed by atoms with Crippen LogP contribution in [0.4, 0.5) is 5.69 Å². The third-order valence-corrected chi connectivity index (χ3v) is 10.2. The van der Waals surface area contributed by atoms with Crippen molar-refractivity contribution in [2.75, 3.05) is 19.0 Å². The Morgan fingerprint density at radius 1 is 0.839 bits per heavy atom. The van der Waals surface area contributed by atoms with E-state index in [0.717, 1.165) is 27.1 Å². The molecule has 0 aliphatic rings. The van der Waals surface area contributed by atoms with E-state index in [9.17, 15) is 34.5 Å². The molecule has 1 unspecified atom stereocenters. The van der Waals surface area contributed by atoms with Gasteiger partial charge in [0.25, 0.3) is 5.56 Å². The number of nitrogens with one attached hydrogen (secondary N) is 5. The highest BCUT2D eigenvalue weighted by Crippen LogP contribution is 2.30. The van der Waals surface area contributed by atoms with Crippen LogP contribution in [-0.4, -0.2) is 79.8 Å². The van der Waals surface area contributed by atoms with Crippen LogP contribution in [-0.2, 0) is 43.3 Å². The SMILES string of the molecule is COC(=O)[C@H](CC(C)C)NC(=O)[C@H](Cc1c[nH]c2ccccc12)NC(=O)[C@H](CCCCN)n1c(O)ccc(NC(O)OCc2ccccc2)c(=O)[nH]c(Cc2ccccc2)c1O. The summed E-state index contributed by atoms with van der Waals surface area (Å²) in [6.07, 6.45) is 1.15. The molecule has 330 valence electrons. The van der Waals surface area contributed by atoms with Crippen molar-refractivity contribution in [2.45, 2.75) is 83.5 Å². The number of ether oxygens (including phenoxy) is 2. The summed E-state index contributed by atoms with van der Waals surface area (Å²) in [7, 11) is 1.23. The second-order valence-corrected chi connectivity index (χ2v) is 15.3. The number of esters is 1. The first-order valence-corrected chi connectivity index (χ1v) is 20.6. The smallest absolute Gasteiger partial charge is 0.328 e. The molecule has 0 spiro atoms. The molecule has 5 rings (SSSR count). The number of aliphatic hydroxyl groups is 1. The maximum Gasteiger partial charge on any atom is 0.328 e. The molecule has 3 aromatic carbocycles. The highest BCUT2D eigenvalue weighted by atomic mass is 16.6. The van der Waals surface area contributed by atoms with Crippen molar-refractivity contribution in [1.29, 1.82) is 0 Å². The van der Waals surface area contributed by atoms with Gasteiger partial charge in [-0.3, -0.25) is 19.0 Å². The Bertz CT molecular complexity index is 2360. The van der Waals surface area contributed by atoms with Crippen LogP contribution in [0.2, 0.25) is 0 Å². The monoisotopic (exact) mass is 851 g/mol. The van der Waals surface area contributed by atoms with Crippen LogP contribution in [0, 0.1) is 5.92 Å². The molecule has 0 bridgehead atoms. The lowest BCUT2D eigenvalue weighted by Gasteiger charge is -2.27. The minimum atomic E-state index is -1.66. The molecule has 0 aliphatic heterocycles. The Labute approximate surface area is 359 Å². The number of hydrogen-bond acceptors (Lipinski definition) is 11. The van der Waals surface area contributed by atoms with Gasteiger partial charge < -0.3 is 56.4 Å². The van der Waals surface area contributed by atoms with Crippen molar-refractivity contribution >= 4 is 34.4 Å². The molecule has 0 fully saturated rings. The number of carbonyl (C=O) groups is 3. The number of benzene rings is 3. The number of aromatic amines is 2. The summed E-state index contributed by atoms with van der Waals surface area (Å²) in [5.41, 5.74) is 7.70. The van der Waals surface area contributed by atoms with E-state index in [1.807, 2.05) is 56.3 Å². The molecular weight excluding hydrogens is 795 g/mol. The first kappa shape index (κ1) is 46.4. The van der Waals surface area contributed by atoms with Gasteiger partial charge in [-0.2, -0.15) is 0 Å².